The molecule has 0 radical (unpaired) electrons. The molecule has 0 unspecified atom stereocenters. The summed E-state index contributed by atoms with van der Waals surface area (Å²) in [6, 6.07) is 19.2. The van der Waals surface area contributed by atoms with E-state index in [0.29, 0.717) is 16.3 Å². The zero-order valence-electron chi connectivity index (χ0n) is 25.1. The molecule has 2 amide bonds. The fourth-order valence-corrected chi connectivity index (χ4v) is 5.27. The molecule has 0 spiro atoms. The zero-order chi connectivity index (χ0) is 32.1. The maximum Gasteiger partial charge on any atom is 0.407 e. The highest BCUT2D eigenvalue weighted by molar-refractivity contribution is 6.30. The average Bonchev–Trinajstić information content (AvgIpc) is 3.36. The molecule has 5 aromatic rings. The largest absolute Gasteiger partial charge is 0.444 e. The highest BCUT2D eigenvalue weighted by Crippen LogP contribution is 2.30. The number of pyridine rings is 1. The molecule has 0 fully saturated rings. The molecular formula is C35H33ClF2N4O3. The lowest BCUT2D eigenvalue weighted by Crippen LogP contribution is -2.32. The number of carbonyl (C=O) groups is 2. The fourth-order valence-electron chi connectivity index (χ4n) is 5.15. The summed E-state index contributed by atoms with van der Waals surface area (Å²) >= 11 is 6.11. The number of H-pyrrole nitrogens is 1. The third-order valence-corrected chi connectivity index (χ3v) is 7.29. The Morgan fingerprint density at radius 3 is 2.42 bits per heavy atom. The van der Waals surface area contributed by atoms with Crippen LogP contribution in [0.25, 0.3) is 22.0 Å². The van der Waals surface area contributed by atoms with Crippen molar-refractivity contribution in [2.75, 3.05) is 0 Å². The first kappa shape index (κ1) is 31.7. The third-order valence-electron chi connectivity index (χ3n) is 7.04. The Morgan fingerprint density at radius 2 is 1.71 bits per heavy atom. The Hall–Kier alpha value is -4.76. The Morgan fingerprint density at radius 1 is 0.978 bits per heavy atom. The van der Waals surface area contributed by atoms with Gasteiger partial charge in [-0.3, -0.25) is 9.78 Å². The van der Waals surface area contributed by atoms with E-state index in [1.807, 2.05) is 36.4 Å². The number of aromatic nitrogens is 2. The SMILES string of the molecule is CC(C)(C)OC(=O)NCc1ccc2c(CC(=O)N[C@@H](Cc3cc(F)cc(F)c3)c3ncccc3-c3ccc(Cl)cc3)c[nH]c2c1. The summed E-state index contributed by atoms with van der Waals surface area (Å²) < 4.78 is 33.5. The zero-order valence-corrected chi connectivity index (χ0v) is 25.8. The van der Waals surface area contributed by atoms with Gasteiger partial charge in [-0.15, -0.1) is 0 Å². The van der Waals surface area contributed by atoms with Crippen LogP contribution in [0.5, 0.6) is 0 Å². The monoisotopic (exact) mass is 630 g/mol. The lowest BCUT2D eigenvalue weighted by Gasteiger charge is -2.22. The molecule has 7 nitrogen and oxygen atoms in total. The molecule has 1 atom stereocenters. The van der Waals surface area contributed by atoms with Gasteiger partial charge in [-0.1, -0.05) is 41.9 Å². The van der Waals surface area contributed by atoms with Gasteiger partial charge in [0.1, 0.15) is 17.2 Å². The van der Waals surface area contributed by atoms with E-state index in [2.05, 4.69) is 20.6 Å². The van der Waals surface area contributed by atoms with Crippen LogP contribution in [0.2, 0.25) is 5.02 Å². The number of rotatable bonds is 9. The van der Waals surface area contributed by atoms with Crippen molar-refractivity contribution in [1.29, 1.82) is 0 Å². The van der Waals surface area contributed by atoms with Crippen LogP contribution in [0.1, 0.15) is 49.2 Å². The summed E-state index contributed by atoms with van der Waals surface area (Å²) in [6.07, 6.45) is 3.04. The first-order valence-corrected chi connectivity index (χ1v) is 14.8. The molecule has 232 valence electrons. The second-order valence-corrected chi connectivity index (χ2v) is 12.2. The molecule has 3 aromatic carbocycles. The molecule has 0 aliphatic rings. The van der Waals surface area contributed by atoms with Crippen LogP contribution in [0.3, 0.4) is 0 Å². The van der Waals surface area contributed by atoms with Gasteiger partial charge in [0.25, 0.3) is 0 Å². The molecular weight excluding hydrogens is 598 g/mol. The average molecular weight is 631 g/mol. The summed E-state index contributed by atoms with van der Waals surface area (Å²) in [7, 11) is 0. The summed E-state index contributed by atoms with van der Waals surface area (Å²) in [6.45, 7) is 5.68. The lowest BCUT2D eigenvalue weighted by molar-refractivity contribution is -0.121. The highest BCUT2D eigenvalue weighted by Gasteiger charge is 2.22. The van der Waals surface area contributed by atoms with Gasteiger partial charge >= 0.3 is 6.09 Å². The van der Waals surface area contributed by atoms with Crippen molar-refractivity contribution in [3.8, 4) is 11.1 Å². The molecule has 0 saturated heterocycles. The van der Waals surface area contributed by atoms with Crippen molar-refractivity contribution in [2.45, 2.75) is 51.8 Å². The molecule has 2 aromatic heterocycles. The molecule has 0 saturated carbocycles. The number of alkyl carbamates (subject to hydrolysis) is 1. The van der Waals surface area contributed by atoms with Gasteiger partial charge in [0.15, 0.2) is 0 Å². The predicted octanol–water partition coefficient (Wildman–Crippen LogP) is 7.83. The molecule has 2 heterocycles. The quantitative estimate of drug-likeness (QED) is 0.155. The van der Waals surface area contributed by atoms with Gasteiger partial charge in [-0.2, -0.15) is 0 Å². The van der Waals surface area contributed by atoms with E-state index in [-0.39, 0.29) is 25.3 Å². The molecule has 10 heteroatoms. The minimum atomic E-state index is -0.700. The van der Waals surface area contributed by atoms with Crippen LogP contribution >= 0.6 is 11.6 Å². The molecule has 45 heavy (non-hydrogen) atoms. The van der Waals surface area contributed by atoms with Gasteiger partial charge < -0.3 is 20.4 Å². The summed E-state index contributed by atoms with van der Waals surface area (Å²) in [5.41, 5.74) is 4.37. The number of hydrogen-bond donors (Lipinski definition) is 3. The van der Waals surface area contributed by atoms with Gasteiger partial charge in [-0.05, 0) is 85.8 Å². The number of nitrogens with one attached hydrogen (secondary N) is 3. The molecule has 0 bridgehead atoms. The molecule has 3 N–H and O–H groups in total. The van der Waals surface area contributed by atoms with Crippen molar-refractivity contribution in [3.63, 3.8) is 0 Å². The van der Waals surface area contributed by atoms with Crippen molar-refractivity contribution >= 4 is 34.5 Å². The van der Waals surface area contributed by atoms with Crippen LogP contribution in [-0.2, 0) is 28.9 Å². The van der Waals surface area contributed by atoms with Crippen molar-refractivity contribution in [1.82, 2.24) is 20.6 Å². The lowest BCUT2D eigenvalue weighted by atomic mass is 9.95. The number of benzene rings is 3. The summed E-state index contributed by atoms with van der Waals surface area (Å²) in [5, 5.41) is 7.24. The number of nitrogens with zero attached hydrogens (tertiary/aromatic N) is 1. The van der Waals surface area contributed by atoms with Gasteiger partial charge in [0.05, 0.1) is 18.2 Å². The van der Waals surface area contributed by atoms with Gasteiger partial charge in [-0.25, -0.2) is 13.6 Å². The van der Waals surface area contributed by atoms with Crippen LogP contribution in [0.4, 0.5) is 13.6 Å². The van der Waals surface area contributed by atoms with Crippen LogP contribution in [-0.4, -0.2) is 27.6 Å². The Balaban J connectivity index is 1.37. The highest BCUT2D eigenvalue weighted by atomic mass is 35.5. The number of hydrogen-bond acceptors (Lipinski definition) is 4. The van der Waals surface area contributed by atoms with Crippen LogP contribution in [0.15, 0.2) is 85.2 Å². The van der Waals surface area contributed by atoms with E-state index in [4.69, 9.17) is 16.3 Å². The second-order valence-electron chi connectivity index (χ2n) is 11.8. The van der Waals surface area contributed by atoms with Crippen LogP contribution < -0.4 is 10.6 Å². The fraction of sp³-hybridized carbons (Fsp3) is 0.229. The smallest absolute Gasteiger partial charge is 0.407 e. The summed E-state index contributed by atoms with van der Waals surface area (Å²) in [4.78, 5) is 33.4. The maximum absolute atomic E-state index is 14.1. The van der Waals surface area contributed by atoms with Gasteiger partial charge in [0, 0.05) is 46.5 Å². The van der Waals surface area contributed by atoms with E-state index in [1.165, 1.54) is 12.1 Å². The van der Waals surface area contributed by atoms with E-state index in [1.54, 1.807) is 51.4 Å². The van der Waals surface area contributed by atoms with Crippen molar-refractivity contribution in [3.05, 3.63) is 124 Å². The number of ether oxygens (including phenoxy) is 1. The Kier molecular flexibility index (Phi) is 9.48. The number of fused-ring (bicyclic) bond motifs is 1. The van der Waals surface area contributed by atoms with E-state index in [9.17, 15) is 18.4 Å². The summed E-state index contributed by atoms with van der Waals surface area (Å²) in [5.74, 6) is -1.69. The van der Waals surface area contributed by atoms with Crippen molar-refractivity contribution < 1.29 is 23.1 Å². The number of amides is 2. The van der Waals surface area contributed by atoms with Crippen LogP contribution in [0, 0.1) is 11.6 Å². The predicted molar refractivity (Wildman–Crippen MR) is 171 cm³/mol. The van der Waals surface area contributed by atoms with Gasteiger partial charge in [0.2, 0.25) is 5.91 Å². The molecule has 0 aliphatic carbocycles. The minimum Gasteiger partial charge on any atom is -0.444 e. The normalized spacial score (nSPS) is 12.1. The number of carbonyl (C=O) groups excluding carboxylic acids is 2. The Labute approximate surface area is 265 Å². The van der Waals surface area contributed by atoms with Crippen molar-refractivity contribution in [2.24, 2.45) is 0 Å². The molecule has 0 aliphatic heterocycles. The topological polar surface area (TPSA) is 96.1 Å². The first-order chi connectivity index (χ1) is 21.4. The minimum absolute atomic E-state index is 0.0482. The van der Waals surface area contributed by atoms with E-state index >= 15 is 0 Å². The maximum atomic E-state index is 14.1. The number of halogens is 3. The Bertz CT molecular complexity index is 1810. The van der Waals surface area contributed by atoms with E-state index < -0.39 is 29.4 Å². The molecule has 5 rings (SSSR count). The number of aromatic amines is 1. The first-order valence-electron chi connectivity index (χ1n) is 14.4. The third kappa shape index (κ3) is 8.45. The second kappa shape index (κ2) is 13.5. The standard InChI is InChI=1S/C35H33ClF2N4O3/c1-35(2,3)45-34(44)41-19-21-6-11-28-24(20-40-30(28)15-21)17-32(43)42-31(16-22-13-26(37)18-27(38)14-22)33-29(5-4-12-39-33)23-7-9-25(36)10-8-23/h4-15,18,20,31,40H,16-17,19H2,1-3H3,(H,41,44)(H,42,43)/t31-/m0/s1. The van der Waals surface area contributed by atoms with E-state index in [0.717, 1.165) is 39.2 Å².